The smallest absolute Gasteiger partial charge is 0.321 e. The third kappa shape index (κ3) is 4.52. The number of benzene rings is 1. The first kappa shape index (κ1) is 17.1. The van der Waals surface area contributed by atoms with Crippen LogP contribution < -0.4 is 11.1 Å². The van der Waals surface area contributed by atoms with Crippen molar-refractivity contribution in [2.24, 2.45) is 5.73 Å². The molecule has 0 radical (unpaired) electrons. The lowest BCUT2D eigenvalue weighted by atomic mass is 9.87. The lowest BCUT2D eigenvalue weighted by molar-refractivity contribution is -0.167. The van der Waals surface area contributed by atoms with Crippen molar-refractivity contribution in [2.75, 3.05) is 5.32 Å². The molecule has 1 amide bonds. The summed E-state index contributed by atoms with van der Waals surface area (Å²) >= 11 is 0. The quantitative estimate of drug-likeness (QED) is 0.839. The maximum atomic E-state index is 13.8. The van der Waals surface area contributed by atoms with Crippen LogP contribution in [0, 0.1) is 5.82 Å². The number of halogens is 4. The van der Waals surface area contributed by atoms with E-state index < -0.39 is 23.4 Å². The zero-order valence-corrected chi connectivity index (χ0v) is 11.3. The van der Waals surface area contributed by atoms with Gasteiger partial charge in [0.15, 0.2) is 0 Å². The van der Waals surface area contributed by atoms with Gasteiger partial charge in [-0.15, -0.1) is 0 Å². The van der Waals surface area contributed by atoms with E-state index in [2.05, 4.69) is 0 Å². The molecule has 1 rings (SSSR count). The second-order valence-electron chi connectivity index (χ2n) is 4.94. The highest BCUT2D eigenvalue weighted by molar-refractivity contribution is 5.95. The van der Waals surface area contributed by atoms with Crippen LogP contribution in [0.4, 0.5) is 23.2 Å². The maximum Gasteiger partial charge on any atom is 0.471 e. The maximum absolute atomic E-state index is 13.8. The Morgan fingerprint density at radius 3 is 2.33 bits per heavy atom. The third-order valence-corrected chi connectivity index (χ3v) is 2.71. The molecule has 3 N–H and O–H groups in total. The largest absolute Gasteiger partial charge is 0.471 e. The first-order chi connectivity index (χ1) is 9.43. The van der Waals surface area contributed by atoms with Gasteiger partial charge in [-0.2, -0.15) is 13.2 Å². The number of nitrogens with one attached hydrogen (secondary N) is 1. The molecule has 0 heterocycles. The van der Waals surface area contributed by atoms with E-state index in [1.807, 2.05) is 0 Å². The van der Waals surface area contributed by atoms with E-state index in [0.717, 1.165) is 18.2 Å². The molecule has 0 aliphatic rings. The second-order valence-corrected chi connectivity index (χ2v) is 4.94. The molecule has 0 aliphatic heterocycles. The van der Waals surface area contributed by atoms with Crippen LogP contribution in [0.15, 0.2) is 18.2 Å². The number of ketones is 1. The highest BCUT2D eigenvalue weighted by Gasteiger charge is 2.39. The highest BCUT2D eigenvalue weighted by Crippen LogP contribution is 2.28. The van der Waals surface area contributed by atoms with Gasteiger partial charge >= 0.3 is 12.1 Å². The van der Waals surface area contributed by atoms with Crippen LogP contribution in [0.25, 0.3) is 0 Å². The summed E-state index contributed by atoms with van der Waals surface area (Å²) in [6, 6.07) is 2.85. The Kier molecular flexibility index (Phi) is 4.72. The number of alkyl halides is 3. The molecule has 0 saturated heterocycles. The van der Waals surface area contributed by atoms with Gasteiger partial charge in [-0.25, -0.2) is 4.39 Å². The van der Waals surface area contributed by atoms with Crippen LogP contribution in [0.2, 0.25) is 0 Å². The summed E-state index contributed by atoms with van der Waals surface area (Å²) in [5.41, 5.74) is 4.03. The standard InChI is InChI=1S/C13H14F4N2O2/c1-7(20)6-12(2,18)9-5-8(3-4-10(9)14)19-11(21)13(15,16)17/h3-5H,6,18H2,1-2H3,(H,19,21)/t12-/m0/s1. The average molecular weight is 306 g/mol. The van der Waals surface area contributed by atoms with Crippen LogP contribution in [-0.4, -0.2) is 17.9 Å². The predicted octanol–water partition coefficient (Wildman–Crippen LogP) is 2.48. The Morgan fingerprint density at radius 2 is 1.86 bits per heavy atom. The molecule has 1 atom stereocenters. The lowest BCUT2D eigenvalue weighted by Gasteiger charge is -2.25. The molecule has 116 valence electrons. The third-order valence-electron chi connectivity index (χ3n) is 2.71. The summed E-state index contributed by atoms with van der Waals surface area (Å²) in [5.74, 6) is -3.25. The molecule has 0 aromatic heterocycles. The Hall–Kier alpha value is -1.96. The minimum atomic E-state index is -5.06. The van der Waals surface area contributed by atoms with Crippen molar-refractivity contribution in [3.63, 3.8) is 0 Å². The minimum Gasteiger partial charge on any atom is -0.321 e. The van der Waals surface area contributed by atoms with E-state index in [0.29, 0.717) is 0 Å². The molecule has 21 heavy (non-hydrogen) atoms. The van der Waals surface area contributed by atoms with E-state index >= 15 is 0 Å². The highest BCUT2D eigenvalue weighted by atomic mass is 19.4. The van der Waals surface area contributed by atoms with Gasteiger partial charge in [0.05, 0.1) is 0 Å². The molecule has 1 aromatic rings. The van der Waals surface area contributed by atoms with Crippen LogP contribution in [0.1, 0.15) is 25.8 Å². The first-order valence-corrected chi connectivity index (χ1v) is 5.90. The topological polar surface area (TPSA) is 72.2 Å². The van der Waals surface area contributed by atoms with Gasteiger partial charge in [-0.05, 0) is 32.0 Å². The number of anilines is 1. The van der Waals surface area contributed by atoms with Crippen LogP contribution in [0.3, 0.4) is 0 Å². The van der Waals surface area contributed by atoms with Gasteiger partial charge in [0, 0.05) is 23.2 Å². The summed E-state index contributed by atoms with van der Waals surface area (Å²) < 4.78 is 50.3. The van der Waals surface area contributed by atoms with Crippen LogP contribution in [0.5, 0.6) is 0 Å². The Bertz CT molecular complexity index is 568. The number of rotatable bonds is 4. The molecule has 0 fully saturated rings. The summed E-state index contributed by atoms with van der Waals surface area (Å²) in [5, 5.41) is 1.60. The molecule has 0 aliphatic carbocycles. The van der Waals surface area contributed by atoms with Crippen molar-refractivity contribution < 1.29 is 27.2 Å². The second kappa shape index (κ2) is 5.80. The molecule has 0 saturated carbocycles. The normalized spacial score (nSPS) is 14.4. The fourth-order valence-corrected chi connectivity index (χ4v) is 1.86. The van der Waals surface area contributed by atoms with Crippen LogP contribution in [-0.2, 0) is 15.1 Å². The van der Waals surface area contributed by atoms with Gasteiger partial charge in [0.25, 0.3) is 0 Å². The Labute approximate surface area is 118 Å². The molecular weight excluding hydrogens is 292 g/mol. The average Bonchev–Trinajstić information content (AvgIpc) is 2.28. The lowest BCUT2D eigenvalue weighted by Crippen LogP contribution is -2.36. The van der Waals surface area contributed by atoms with E-state index in [9.17, 15) is 27.2 Å². The fourth-order valence-electron chi connectivity index (χ4n) is 1.86. The van der Waals surface area contributed by atoms with Gasteiger partial charge in [0.2, 0.25) is 0 Å². The molecule has 0 bridgehead atoms. The van der Waals surface area contributed by atoms with Crippen molar-refractivity contribution in [1.29, 1.82) is 0 Å². The number of hydrogen-bond donors (Lipinski definition) is 2. The molecule has 1 aromatic carbocycles. The number of carbonyl (C=O) groups excluding carboxylic acids is 2. The summed E-state index contributed by atoms with van der Waals surface area (Å²) in [6.07, 6.45) is -5.25. The number of amides is 1. The number of Topliss-reactive ketones (excluding diaryl/α,β-unsaturated/α-hetero) is 1. The van der Waals surface area contributed by atoms with Crippen LogP contribution >= 0.6 is 0 Å². The SMILES string of the molecule is CC(=O)C[C@](C)(N)c1cc(NC(=O)C(F)(F)F)ccc1F. The number of hydrogen-bond acceptors (Lipinski definition) is 3. The molecule has 4 nitrogen and oxygen atoms in total. The molecule has 0 unspecified atom stereocenters. The van der Waals surface area contributed by atoms with Gasteiger partial charge in [0.1, 0.15) is 11.6 Å². The summed E-state index contributed by atoms with van der Waals surface area (Å²) in [7, 11) is 0. The van der Waals surface area contributed by atoms with Gasteiger partial charge in [-0.3, -0.25) is 9.59 Å². The molecule has 0 spiro atoms. The minimum absolute atomic E-state index is 0.155. The monoisotopic (exact) mass is 306 g/mol. The summed E-state index contributed by atoms with van der Waals surface area (Å²) in [4.78, 5) is 22.0. The molecule has 8 heteroatoms. The van der Waals surface area contributed by atoms with Crippen molar-refractivity contribution in [3.8, 4) is 0 Å². The predicted molar refractivity (Wildman–Crippen MR) is 67.9 cm³/mol. The number of nitrogens with two attached hydrogens (primary N) is 1. The summed E-state index contributed by atoms with van der Waals surface area (Å²) in [6.45, 7) is 2.64. The van der Waals surface area contributed by atoms with E-state index in [-0.39, 0.29) is 23.5 Å². The van der Waals surface area contributed by atoms with Gasteiger partial charge in [-0.1, -0.05) is 0 Å². The van der Waals surface area contributed by atoms with E-state index in [1.165, 1.54) is 13.8 Å². The molecular formula is C13H14F4N2O2. The van der Waals surface area contributed by atoms with Crippen molar-refractivity contribution >= 4 is 17.4 Å². The van der Waals surface area contributed by atoms with E-state index in [4.69, 9.17) is 5.73 Å². The zero-order chi connectivity index (χ0) is 16.4. The first-order valence-electron chi connectivity index (χ1n) is 5.90. The van der Waals surface area contributed by atoms with Crippen molar-refractivity contribution in [3.05, 3.63) is 29.6 Å². The van der Waals surface area contributed by atoms with Gasteiger partial charge < -0.3 is 11.1 Å². The van der Waals surface area contributed by atoms with Crippen molar-refractivity contribution in [2.45, 2.75) is 32.0 Å². The Morgan fingerprint density at radius 1 is 1.29 bits per heavy atom. The van der Waals surface area contributed by atoms with E-state index in [1.54, 1.807) is 5.32 Å². The van der Waals surface area contributed by atoms with Crippen molar-refractivity contribution in [1.82, 2.24) is 0 Å². The fraction of sp³-hybridized carbons (Fsp3) is 0.385. The number of carbonyl (C=O) groups is 2. The Balaban J connectivity index is 3.11. The zero-order valence-electron chi connectivity index (χ0n) is 11.3.